The maximum atomic E-state index is 10.7. The number of allylic oxidation sites excluding steroid dienone is 5. The van der Waals surface area contributed by atoms with Gasteiger partial charge >= 0.3 is 5.97 Å². The molecule has 0 aromatic carbocycles. The maximum absolute atomic E-state index is 10.7. The molecule has 0 aromatic heterocycles. The second-order valence-electron chi connectivity index (χ2n) is 8.96. The van der Waals surface area contributed by atoms with E-state index in [9.17, 15) is 9.90 Å². The van der Waals surface area contributed by atoms with Crippen molar-refractivity contribution in [1.82, 2.24) is 0 Å². The molecule has 1 unspecified atom stereocenters. The first kappa shape index (κ1) is 26.7. The van der Waals surface area contributed by atoms with Crippen molar-refractivity contribution in [3.8, 4) is 0 Å². The Morgan fingerprint density at radius 3 is 2.63 bits per heavy atom. The number of hydrogen-bond acceptors (Lipinski definition) is 3. The molecule has 3 nitrogen and oxygen atoms in total. The normalized spacial score (nSPS) is 20.5. The fourth-order valence-corrected chi connectivity index (χ4v) is 4.27. The summed E-state index contributed by atoms with van der Waals surface area (Å²) in [6, 6.07) is 0. The zero-order chi connectivity index (χ0) is 22.0. The third-order valence-corrected chi connectivity index (χ3v) is 6.24. The van der Waals surface area contributed by atoms with E-state index >= 15 is 0 Å². The molecule has 0 aromatic rings. The standard InChI is InChI=1S/C27H46O3/c1-4-6-7-10-15-24(5-2)16-13-18-26-20-14-19-25(26)17-11-8-9-12-21-27(29)22-30-23(3)28/h5,13-14,18,20,24-27,29H,2,4,6-12,15-17,19,21-22H2,1,3H3/t24-,25-,26-,27?/m0/s1. The highest BCUT2D eigenvalue weighted by Crippen LogP contribution is 2.31. The van der Waals surface area contributed by atoms with Crippen molar-refractivity contribution in [2.24, 2.45) is 17.8 Å². The predicted molar refractivity (Wildman–Crippen MR) is 127 cm³/mol. The van der Waals surface area contributed by atoms with Crippen molar-refractivity contribution >= 4 is 5.97 Å². The molecule has 0 spiro atoms. The van der Waals surface area contributed by atoms with Crippen LogP contribution in [0.4, 0.5) is 0 Å². The second-order valence-corrected chi connectivity index (χ2v) is 8.96. The fourth-order valence-electron chi connectivity index (χ4n) is 4.27. The molecule has 30 heavy (non-hydrogen) atoms. The summed E-state index contributed by atoms with van der Waals surface area (Å²) in [5.41, 5.74) is 0. The van der Waals surface area contributed by atoms with Crippen LogP contribution < -0.4 is 0 Å². The van der Waals surface area contributed by atoms with E-state index in [1.54, 1.807) is 0 Å². The van der Waals surface area contributed by atoms with E-state index in [1.807, 2.05) is 0 Å². The first-order valence-electron chi connectivity index (χ1n) is 12.3. The molecular formula is C27H46O3. The first-order chi connectivity index (χ1) is 14.6. The number of esters is 1. The zero-order valence-electron chi connectivity index (χ0n) is 19.6. The van der Waals surface area contributed by atoms with Crippen molar-refractivity contribution in [1.29, 1.82) is 0 Å². The van der Waals surface area contributed by atoms with Gasteiger partial charge in [-0.25, -0.2) is 0 Å². The summed E-state index contributed by atoms with van der Waals surface area (Å²) in [7, 11) is 0. The molecule has 1 rings (SSSR count). The Labute approximate surface area is 185 Å². The molecule has 0 fully saturated rings. The van der Waals surface area contributed by atoms with Crippen molar-refractivity contribution in [2.45, 2.75) is 103 Å². The molecule has 172 valence electrons. The monoisotopic (exact) mass is 418 g/mol. The molecule has 1 aliphatic rings. The van der Waals surface area contributed by atoms with E-state index in [0.29, 0.717) is 18.3 Å². The van der Waals surface area contributed by atoms with E-state index in [-0.39, 0.29) is 12.6 Å². The number of unbranched alkanes of at least 4 members (excludes halogenated alkanes) is 6. The molecule has 3 heteroatoms. The minimum atomic E-state index is -0.520. The van der Waals surface area contributed by atoms with E-state index < -0.39 is 6.10 Å². The van der Waals surface area contributed by atoms with Gasteiger partial charge in [-0.2, -0.15) is 0 Å². The first-order valence-corrected chi connectivity index (χ1v) is 12.3. The van der Waals surface area contributed by atoms with Crippen LogP contribution in [0.3, 0.4) is 0 Å². The molecule has 0 saturated heterocycles. The molecule has 0 aliphatic heterocycles. The summed E-state index contributed by atoms with van der Waals surface area (Å²) in [6.07, 6.45) is 26.7. The Hall–Kier alpha value is -1.35. The van der Waals surface area contributed by atoms with Crippen LogP contribution in [-0.4, -0.2) is 23.8 Å². The Morgan fingerprint density at radius 2 is 1.90 bits per heavy atom. The summed E-state index contributed by atoms with van der Waals surface area (Å²) in [5.74, 6) is 1.65. The van der Waals surface area contributed by atoms with Crippen LogP contribution in [0.15, 0.2) is 37.0 Å². The maximum Gasteiger partial charge on any atom is 0.302 e. The molecule has 0 heterocycles. The van der Waals surface area contributed by atoms with Crippen molar-refractivity contribution in [2.75, 3.05) is 6.61 Å². The molecule has 0 amide bonds. The number of hydrogen-bond donors (Lipinski definition) is 1. The summed E-state index contributed by atoms with van der Waals surface area (Å²) in [5, 5.41) is 9.77. The summed E-state index contributed by atoms with van der Waals surface area (Å²) in [6.45, 7) is 7.80. The lowest BCUT2D eigenvalue weighted by molar-refractivity contribution is -0.144. The number of rotatable bonds is 18. The van der Waals surface area contributed by atoms with Crippen LogP contribution >= 0.6 is 0 Å². The van der Waals surface area contributed by atoms with Gasteiger partial charge in [0.15, 0.2) is 0 Å². The second kappa shape index (κ2) is 17.3. The SMILES string of the molecule is C=C[C@H](CC=C[C@H]1C=CC[C@@H]1CCCCCCC(O)COC(C)=O)CCCCCC. The van der Waals surface area contributed by atoms with Gasteiger partial charge in [0.1, 0.15) is 6.61 Å². The van der Waals surface area contributed by atoms with Crippen molar-refractivity contribution < 1.29 is 14.6 Å². The molecule has 1 N–H and O–H groups in total. The Bertz CT molecular complexity index is 508. The number of carbonyl (C=O) groups is 1. The lowest BCUT2D eigenvalue weighted by atomic mass is 9.88. The third-order valence-electron chi connectivity index (χ3n) is 6.24. The minimum Gasteiger partial charge on any atom is -0.463 e. The molecule has 0 bridgehead atoms. The zero-order valence-corrected chi connectivity index (χ0v) is 19.6. The van der Waals surface area contributed by atoms with Crippen molar-refractivity contribution in [3.05, 3.63) is 37.0 Å². The number of carbonyl (C=O) groups excluding carboxylic acids is 1. The Morgan fingerprint density at radius 1 is 1.17 bits per heavy atom. The topological polar surface area (TPSA) is 46.5 Å². The van der Waals surface area contributed by atoms with Gasteiger partial charge in [0.25, 0.3) is 0 Å². The van der Waals surface area contributed by atoms with E-state index in [1.165, 1.54) is 64.7 Å². The van der Waals surface area contributed by atoms with E-state index in [2.05, 4.69) is 43.9 Å². The average molecular weight is 419 g/mol. The average Bonchev–Trinajstić information content (AvgIpc) is 3.18. The van der Waals surface area contributed by atoms with E-state index in [0.717, 1.165) is 25.2 Å². The fraction of sp³-hybridized carbons (Fsp3) is 0.741. The van der Waals surface area contributed by atoms with Crippen molar-refractivity contribution in [3.63, 3.8) is 0 Å². The largest absolute Gasteiger partial charge is 0.463 e. The number of ether oxygens (including phenoxy) is 1. The molecule has 0 radical (unpaired) electrons. The van der Waals surface area contributed by atoms with Gasteiger partial charge in [0, 0.05) is 6.92 Å². The molecule has 4 atom stereocenters. The summed E-state index contributed by atoms with van der Waals surface area (Å²) < 4.78 is 4.84. The quantitative estimate of drug-likeness (QED) is 0.146. The third kappa shape index (κ3) is 13.1. The van der Waals surface area contributed by atoms with Gasteiger partial charge in [0.05, 0.1) is 6.10 Å². The minimum absolute atomic E-state index is 0.128. The number of aliphatic hydroxyl groups is 1. The molecular weight excluding hydrogens is 372 g/mol. The van der Waals surface area contributed by atoms with E-state index in [4.69, 9.17) is 4.74 Å². The van der Waals surface area contributed by atoms with Crippen LogP contribution in [0.25, 0.3) is 0 Å². The van der Waals surface area contributed by atoms with Gasteiger partial charge in [-0.15, -0.1) is 6.58 Å². The Kier molecular flexibility index (Phi) is 15.4. The molecule has 0 saturated carbocycles. The van der Waals surface area contributed by atoms with Crippen LogP contribution in [0.2, 0.25) is 0 Å². The predicted octanol–water partition coefficient (Wildman–Crippen LogP) is 7.16. The van der Waals surface area contributed by atoms with Gasteiger partial charge in [-0.05, 0) is 49.9 Å². The highest BCUT2D eigenvalue weighted by molar-refractivity contribution is 5.65. The smallest absolute Gasteiger partial charge is 0.302 e. The van der Waals surface area contributed by atoms with Gasteiger partial charge < -0.3 is 9.84 Å². The summed E-state index contributed by atoms with van der Waals surface area (Å²) in [4.78, 5) is 10.7. The van der Waals surface area contributed by atoms with Crippen LogP contribution in [0, 0.1) is 17.8 Å². The van der Waals surface area contributed by atoms with Gasteiger partial charge in [0.2, 0.25) is 0 Å². The van der Waals surface area contributed by atoms with Gasteiger partial charge in [-0.3, -0.25) is 4.79 Å². The van der Waals surface area contributed by atoms with Crippen LogP contribution in [-0.2, 0) is 9.53 Å². The number of aliphatic hydroxyl groups excluding tert-OH is 1. The highest BCUT2D eigenvalue weighted by Gasteiger charge is 2.19. The van der Waals surface area contributed by atoms with Crippen LogP contribution in [0.1, 0.15) is 97.3 Å². The summed E-state index contributed by atoms with van der Waals surface area (Å²) >= 11 is 0. The van der Waals surface area contributed by atoms with Gasteiger partial charge in [-0.1, -0.05) is 88.7 Å². The highest BCUT2D eigenvalue weighted by atomic mass is 16.5. The molecule has 1 aliphatic carbocycles. The lowest BCUT2D eigenvalue weighted by Gasteiger charge is -2.17. The Balaban J connectivity index is 2.15. The van der Waals surface area contributed by atoms with Crippen LogP contribution in [0.5, 0.6) is 0 Å². The lowest BCUT2D eigenvalue weighted by Crippen LogP contribution is -2.17.